The fraction of sp³-hybridized carbons (Fsp3) is 0.536. The van der Waals surface area contributed by atoms with Crippen molar-refractivity contribution in [2.45, 2.75) is 52.0 Å². The highest BCUT2D eigenvalue weighted by molar-refractivity contribution is 5.93. The molecule has 0 radical (unpaired) electrons. The van der Waals surface area contributed by atoms with Gasteiger partial charge in [0.05, 0.1) is 12.8 Å². The van der Waals surface area contributed by atoms with Gasteiger partial charge in [0.15, 0.2) is 0 Å². The number of carbonyl (C=O) groups is 1. The largest absolute Gasteiger partial charge is 0.494 e. The molecule has 2 heterocycles. The van der Waals surface area contributed by atoms with Crippen LogP contribution in [0.25, 0.3) is 0 Å². The van der Waals surface area contributed by atoms with Gasteiger partial charge in [-0.05, 0) is 55.5 Å². The number of nitrogens with one attached hydrogen (secondary N) is 1. The van der Waals surface area contributed by atoms with E-state index in [1.165, 1.54) is 23.3 Å². The van der Waals surface area contributed by atoms with Gasteiger partial charge in [-0.15, -0.1) is 0 Å². The highest BCUT2D eigenvalue weighted by Crippen LogP contribution is 2.33. The lowest BCUT2D eigenvalue weighted by atomic mass is 9.96. The van der Waals surface area contributed by atoms with Crippen molar-refractivity contribution in [1.29, 1.82) is 0 Å². The molecule has 7 heteroatoms. The van der Waals surface area contributed by atoms with Crippen molar-refractivity contribution in [3.05, 3.63) is 53.3 Å². The maximum atomic E-state index is 13.6. The standard InChI is InChI=1S/C28H39FN4O2/c1-4-5-6-13-30-28(34)33-14-7-8-23-19-22(9-11-25(23)33)21(2)31-15-17-32(18-16-31)26-12-10-24(29)20-27(26)35-3/h9-12,19-21H,4-8,13-18H2,1-3H3,(H,30,34). The molecular weight excluding hydrogens is 443 g/mol. The summed E-state index contributed by atoms with van der Waals surface area (Å²) in [5.41, 5.74) is 4.55. The molecule has 35 heavy (non-hydrogen) atoms. The Bertz CT molecular complexity index is 1010. The number of benzene rings is 2. The Morgan fingerprint density at radius 2 is 1.83 bits per heavy atom. The lowest BCUT2D eigenvalue weighted by molar-refractivity contribution is 0.198. The average Bonchev–Trinajstić information content (AvgIpc) is 2.90. The molecule has 0 spiro atoms. The molecule has 0 aromatic heterocycles. The molecule has 0 aliphatic carbocycles. The number of ether oxygens (including phenoxy) is 1. The number of amides is 2. The highest BCUT2D eigenvalue weighted by atomic mass is 19.1. The van der Waals surface area contributed by atoms with E-state index < -0.39 is 0 Å². The van der Waals surface area contributed by atoms with E-state index in [1.54, 1.807) is 7.11 Å². The number of hydrogen-bond acceptors (Lipinski definition) is 4. The molecule has 4 rings (SSSR count). The van der Waals surface area contributed by atoms with E-state index >= 15 is 0 Å². The van der Waals surface area contributed by atoms with Crippen LogP contribution < -0.4 is 19.9 Å². The number of hydrogen-bond donors (Lipinski definition) is 1. The van der Waals surface area contributed by atoms with E-state index in [1.807, 2.05) is 11.0 Å². The van der Waals surface area contributed by atoms with Crippen molar-refractivity contribution in [3.8, 4) is 5.75 Å². The summed E-state index contributed by atoms with van der Waals surface area (Å²) in [7, 11) is 1.59. The molecule has 6 nitrogen and oxygen atoms in total. The number of rotatable bonds is 8. The lowest BCUT2D eigenvalue weighted by Crippen LogP contribution is -2.47. The summed E-state index contributed by atoms with van der Waals surface area (Å²) in [5.74, 6) is 0.304. The van der Waals surface area contributed by atoms with Gasteiger partial charge in [-0.25, -0.2) is 9.18 Å². The Labute approximate surface area is 209 Å². The molecule has 2 amide bonds. The minimum atomic E-state index is -0.280. The quantitative estimate of drug-likeness (QED) is 0.514. The monoisotopic (exact) mass is 482 g/mol. The Morgan fingerprint density at radius 1 is 1.06 bits per heavy atom. The van der Waals surface area contributed by atoms with Crippen LogP contribution in [0.5, 0.6) is 5.75 Å². The van der Waals surface area contributed by atoms with E-state index in [-0.39, 0.29) is 17.9 Å². The van der Waals surface area contributed by atoms with Crippen LogP contribution in [0.3, 0.4) is 0 Å². The predicted molar refractivity (Wildman–Crippen MR) is 140 cm³/mol. The van der Waals surface area contributed by atoms with Gasteiger partial charge >= 0.3 is 6.03 Å². The van der Waals surface area contributed by atoms with Gasteiger partial charge in [-0.1, -0.05) is 31.9 Å². The maximum Gasteiger partial charge on any atom is 0.321 e. The van der Waals surface area contributed by atoms with Crippen molar-refractivity contribution in [3.63, 3.8) is 0 Å². The fourth-order valence-electron chi connectivity index (χ4n) is 5.23. The van der Waals surface area contributed by atoms with Crippen LogP contribution in [0.4, 0.5) is 20.6 Å². The van der Waals surface area contributed by atoms with Crippen molar-refractivity contribution in [1.82, 2.24) is 10.2 Å². The number of fused-ring (bicyclic) bond motifs is 1. The zero-order valence-electron chi connectivity index (χ0n) is 21.4. The number of carbonyl (C=O) groups excluding carboxylic acids is 1. The number of aryl methyl sites for hydroxylation is 1. The van der Waals surface area contributed by atoms with Crippen LogP contribution in [-0.2, 0) is 6.42 Å². The van der Waals surface area contributed by atoms with E-state index in [2.05, 4.69) is 47.2 Å². The third kappa shape index (κ3) is 5.89. The number of methoxy groups -OCH3 is 1. The molecule has 0 saturated carbocycles. The second-order valence-corrected chi connectivity index (χ2v) is 9.60. The molecule has 0 bridgehead atoms. The zero-order chi connectivity index (χ0) is 24.8. The molecule has 1 unspecified atom stereocenters. The topological polar surface area (TPSA) is 48.1 Å². The van der Waals surface area contributed by atoms with Crippen LogP contribution in [0.1, 0.15) is 56.7 Å². The normalized spacial score (nSPS) is 17.1. The first kappa shape index (κ1) is 25.3. The first-order chi connectivity index (χ1) is 17.0. The third-order valence-corrected chi connectivity index (χ3v) is 7.35. The summed E-state index contributed by atoms with van der Waals surface area (Å²) in [4.78, 5) is 19.4. The molecule has 190 valence electrons. The zero-order valence-corrected chi connectivity index (χ0v) is 21.4. The van der Waals surface area contributed by atoms with Gasteiger partial charge in [0.1, 0.15) is 11.6 Å². The van der Waals surface area contributed by atoms with Crippen LogP contribution in [-0.4, -0.2) is 57.3 Å². The van der Waals surface area contributed by atoms with Gasteiger partial charge in [-0.3, -0.25) is 9.80 Å². The number of anilines is 2. The van der Waals surface area contributed by atoms with Gasteiger partial charge in [0.2, 0.25) is 0 Å². The number of nitrogens with zero attached hydrogens (tertiary/aromatic N) is 3. The fourth-order valence-corrected chi connectivity index (χ4v) is 5.23. The van der Waals surface area contributed by atoms with Crippen molar-refractivity contribution in [2.75, 3.05) is 56.2 Å². The number of unbranched alkanes of at least 4 members (excludes halogenated alkanes) is 2. The third-order valence-electron chi connectivity index (χ3n) is 7.35. The van der Waals surface area contributed by atoms with Crippen molar-refractivity contribution >= 4 is 17.4 Å². The summed E-state index contributed by atoms with van der Waals surface area (Å²) < 4.78 is 19.0. The molecule has 2 aromatic rings. The van der Waals surface area contributed by atoms with Crippen LogP contribution in [0.2, 0.25) is 0 Å². The van der Waals surface area contributed by atoms with Crippen molar-refractivity contribution < 1.29 is 13.9 Å². The summed E-state index contributed by atoms with van der Waals surface area (Å²) in [5, 5.41) is 3.09. The smallest absolute Gasteiger partial charge is 0.321 e. The SMILES string of the molecule is CCCCCNC(=O)N1CCCc2cc(C(C)N3CCN(c4ccc(F)cc4OC)CC3)ccc21. The minimum Gasteiger partial charge on any atom is -0.494 e. The van der Waals surface area contributed by atoms with Gasteiger partial charge < -0.3 is 15.0 Å². The molecular formula is C28H39FN4O2. The molecule has 1 atom stereocenters. The second-order valence-electron chi connectivity index (χ2n) is 9.60. The van der Waals surface area contributed by atoms with Crippen LogP contribution in [0.15, 0.2) is 36.4 Å². The highest BCUT2D eigenvalue weighted by Gasteiger charge is 2.26. The molecule has 1 saturated heterocycles. The average molecular weight is 483 g/mol. The number of urea groups is 1. The molecule has 1 N–H and O–H groups in total. The second kappa shape index (κ2) is 11.8. The minimum absolute atomic E-state index is 0.0233. The predicted octanol–water partition coefficient (Wildman–Crippen LogP) is 5.37. The van der Waals surface area contributed by atoms with Crippen LogP contribution in [0, 0.1) is 5.82 Å². The molecule has 2 aliphatic rings. The Hall–Kier alpha value is -2.80. The molecule has 2 aliphatic heterocycles. The lowest BCUT2D eigenvalue weighted by Gasteiger charge is -2.40. The van der Waals surface area contributed by atoms with Gasteiger partial charge in [0, 0.05) is 57.1 Å². The molecule has 2 aromatic carbocycles. The first-order valence-electron chi connectivity index (χ1n) is 13.0. The summed E-state index contributed by atoms with van der Waals surface area (Å²) in [6.45, 7) is 9.52. The van der Waals surface area contributed by atoms with E-state index in [0.717, 1.165) is 82.7 Å². The summed E-state index contributed by atoms with van der Waals surface area (Å²) in [6, 6.07) is 11.7. The van der Waals surface area contributed by atoms with Crippen LogP contribution >= 0.6 is 0 Å². The Balaban J connectivity index is 1.38. The summed E-state index contributed by atoms with van der Waals surface area (Å²) >= 11 is 0. The summed E-state index contributed by atoms with van der Waals surface area (Å²) in [6.07, 6.45) is 5.32. The molecule has 1 fully saturated rings. The Morgan fingerprint density at radius 3 is 2.57 bits per heavy atom. The van der Waals surface area contributed by atoms with Gasteiger partial charge in [-0.2, -0.15) is 0 Å². The number of piperazine rings is 1. The van der Waals surface area contributed by atoms with E-state index in [0.29, 0.717) is 5.75 Å². The maximum absolute atomic E-state index is 13.6. The van der Waals surface area contributed by atoms with E-state index in [4.69, 9.17) is 4.74 Å². The van der Waals surface area contributed by atoms with E-state index in [9.17, 15) is 9.18 Å². The number of halogens is 1. The first-order valence-corrected chi connectivity index (χ1v) is 13.0. The Kier molecular flexibility index (Phi) is 8.50. The van der Waals surface area contributed by atoms with Gasteiger partial charge in [0.25, 0.3) is 0 Å². The van der Waals surface area contributed by atoms with Crippen molar-refractivity contribution in [2.24, 2.45) is 0 Å².